The maximum atomic E-state index is 12.9. The van der Waals surface area contributed by atoms with Gasteiger partial charge in [-0.05, 0) is 17.7 Å². The minimum atomic E-state index is -4.42. The number of hydrogen-bond donors (Lipinski definition) is 1. The molecule has 2 rings (SSSR count). The zero-order valence-electron chi connectivity index (χ0n) is 11.2. The van der Waals surface area contributed by atoms with Crippen LogP contribution in [0.15, 0.2) is 54.6 Å². The van der Waals surface area contributed by atoms with E-state index in [1.807, 2.05) is 30.3 Å². The van der Waals surface area contributed by atoms with Crippen molar-refractivity contribution < 1.29 is 17.9 Å². The molecule has 0 aliphatic carbocycles. The van der Waals surface area contributed by atoms with Gasteiger partial charge in [0.05, 0.1) is 12.2 Å². The van der Waals surface area contributed by atoms with Crippen molar-refractivity contribution in [1.82, 2.24) is 0 Å². The third-order valence-electron chi connectivity index (χ3n) is 3.12. The highest BCUT2D eigenvalue weighted by Gasteiger charge is 2.34. The Hall–Kier alpha value is -1.62. The summed E-state index contributed by atoms with van der Waals surface area (Å²) in [5.74, 6) is 0.293. The molecule has 21 heavy (non-hydrogen) atoms. The molecule has 2 aromatic rings. The van der Waals surface area contributed by atoms with Crippen molar-refractivity contribution >= 4 is 12.6 Å². The first kappa shape index (κ1) is 15.8. The van der Waals surface area contributed by atoms with E-state index in [0.717, 1.165) is 11.6 Å². The van der Waals surface area contributed by atoms with Crippen LogP contribution in [0.4, 0.5) is 13.2 Å². The molecule has 0 aliphatic rings. The van der Waals surface area contributed by atoms with Gasteiger partial charge < -0.3 is 4.74 Å². The smallest absolute Gasteiger partial charge is 0.419 e. The van der Waals surface area contributed by atoms with Crippen molar-refractivity contribution in [3.63, 3.8) is 0 Å². The number of thiol groups is 1. The zero-order chi connectivity index (χ0) is 15.3. The molecule has 1 nitrogen and oxygen atoms in total. The van der Waals surface area contributed by atoms with E-state index in [1.54, 1.807) is 0 Å². The lowest BCUT2D eigenvalue weighted by atomic mass is 10.0. The highest BCUT2D eigenvalue weighted by Crippen LogP contribution is 2.36. The lowest BCUT2D eigenvalue weighted by Gasteiger charge is -2.18. The van der Waals surface area contributed by atoms with Gasteiger partial charge in [0.25, 0.3) is 0 Å². The first-order valence-electron chi connectivity index (χ1n) is 6.47. The van der Waals surface area contributed by atoms with Crippen LogP contribution in [-0.4, -0.2) is 12.4 Å². The van der Waals surface area contributed by atoms with E-state index in [0.29, 0.717) is 5.75 Å². The van der Waals surface area contributed by atoms with Crippen LogP contribution < -0.4 is 4.74 Å². The molecule has 1 atom stereocenters. The fraction of sp³-hybridized carbons (Fsp3) is 0.250. The Morgan fingerprint density at radius 1 is 0.952 bits per heavy atom. The first-order chi connectivity index (χ1) is 10.0. The fourth-order valence-corrected chi connectivity index (χ4v) is 2.31. The van der Waals surface area contributed by atoms with Crippen molar-refractivity contribution in [2.75, 3.05) is 12.4 Å². The minimum Gasteiger partial charge on any atom is -0.492 e. The van der Waals surface area contributed by atoms with E-state index in [2.05, 4.69) is 12.6 Å². The lowest BCUT2D eigenvalue weighted by molar-refractivity contribution is -0.139. The van der Waals surface area contributed by atoms with E-state index in [-0.39, 0.29) is 18.3 Å². The third kappa shape index (κ3) is 4.17. The number of rotatable bonds is 5. The molecule has 2 aromatic carbocycles. The topological polar surface area (TPSA) is 9.23 Å². The molecule has 0 heterocycles. The summed E-state index contributed by atoms with van der Waals surface area (Å²) < 4.78 is 44.0. The van der Waals surface area contributed by atoms with Gasteiger partial charge in [-0.1, -0.05) is 42.5 Å². The van der Waals surface area contributed by atoms with Gasteiger partial charge in [-0.25, -0.2) is 0 Å². The van der Waals surface area contributed by atoms with Crippen molar-refractivity contribution in [3.05, 3.63) is 65.7 Å². The Labute approximate surface area is 127 Å². The molecule has 0 radical (unpaired) electrons. The standard InChI is InChI=1S/C16H15F3OS/c17-16(18,19)14-8-4-5-9-15(14)20-10-13(11-21)12-6-2-1-3-7-12/h1-9,13,21H,10-11H2. The molecule has 0 aliphatic heterocycles. The van der Waals surface area contributed by atoms with Crippen molar-refractivity contribution in [2.45, 2.75) is 12.1 Å². The average molecular weight is 312 g/mol. The summed E-state index contributed by atoms with van der Waals surface area (Å²) >= 11 is 4.25. The summed E-state index contributed by atoms with van der Waals surface area (Å²) in [6.45, 7) is 0.153. The molecule has 5 heteroatoms. The summed E-state index contributed by atoms with van der Waals surface area (Å²) in [6, 6.07) is 14.7. The third-order valence-corrected chi connectivity index (χ3v) is 3.56. The number of hydrogen-bond acceptors (Lipinski definition) is 2. The second-order valence-corrected chi connectivity index (χ2v) is 4.96. The normalized spacial score (nSPS) is 13.0. The molecule has 0 aromatic heterocycles. The number of benzene rings is 2. The second-order valence-electron chi connectivity index (χ2n) is 4.60. The lowest BCUT2D eigenvalue weighted by Crippen LogP contribution is -2.15. The van der Waals surface area contributed by atoms with Gasteiger partial charge in [-0.15, -0.1) is 0 Å². The Morgan fingerprint density at radius 2 is 1.57 bits per heavy atom. The van der Waals surface area contributed by atoms with Crippen molar-refractivity contribution in [1.29, 1.82) is 0 Å². The van der Waals surface area contributed by atoms with Crippen LogP contribution in [0.5, 0.6) is 5.75 Å². The van der Waals surface area contributed by atoms with Gasteiger partial charge in [0.15, 0.2) is 0 Å². The Morgan fingerprint density at radius 3 is 2.19 bits per heavy atom. The van der Waals surface area contributed by atoms with Gasteiger partial charge >= 0.3 is 6.18 Å². The Balaban J connectivity index is 2.13. The number of halogens is 3. The van der Waals surface area contributed by atoms with E-state index in [4.69, 9.17) is 4.74 Å². The van der Waals surface area contributed by atoms with Crippen LogP contribution >= 0.6 is 12.6 Å². The van der Waals surface area contributed by atoms with Crippen LogP contribution in [0, 0.1) is 0 Å². The highest BCUT2D eigenvalue weighted by atomic mass is 32.1. The van der Waals surface area contributed by atoms with Crippen LogP contribution in [0.25, 0.3) is 0 Å². The van der Waals surface area contributed by atoms with E-state index in [9.17, 15) is 13.2 Å². The number of para-hydroxylation sites is 1. The molecular weight excluding hydrogens is 297 g/mol. The van der Waals surface area contributed by atoms with E-state index >= 15 is 0 Å². The van der Waals surface area contributed by atoms with Crippen LogP contribution in [0.1, 0.15) is 17.0 Å². The average Bonchev–Trinajstić information content (AvgIpc) is 2.48. The van der Waals surface area contributed by atoms with Gasteiger partial charge in [0.2, 0.25) is 0 Å². The molecule has 0 spiro atoms. The van der Waals surface area contributed by atoms with Crippen LogP contribution in [0.2, 0.25) is 0 Å². The zero-order valence-corrected chi connectivity index (χ0v) is 12.1. The van der Waals surface area contributed by atoms with Crippen LogP contribution in [0.3, 0.4) is 0 Å². The van der Waals surface area contributed by atoms with E-state index < -0.39 is 11.7 Å². The van der Waals surface area contributed by atoms with Gasteiger partial charge in [0.1, 0.15) is 5.75 Å². The largest absolute Gasteiger partial charge is 0.492 e. The van der Waals surface area contributed by atoms with Gasteiger partial charge in [-0.2, -0.15) is 25.8 Å². The monoisotopic (exact) mass is 312 g/mol. The quantitative estimate of drug-likeness (QED) is 0.780. The molecule has 0 bridgehead atoms. The molecular formula is C16H15F3OS. The summed E-state index contributed by atoms with van der Waals surface area (Å²) in [5, 5.41) is 0. The van der Waals surface area contributed by atoms with Gasteiger partial charge in [-0.3, -0.25) is 0 Å². The molecule has 0 N–H and O–H groups in total. The Bertz CT molecular complexity index is 569. The summed E-state index contributed by atoms with van der Waals surface area (Å²) in [7, 11) is 0. The molecule has 0 fully saturated rings. The second kappa shape index (κ2) is 6.89. The molecule has 1 unspecified atom stereocenters. The van der Waals surface area contributed by atoms with Gasteiger partial charge in [0, 0.05) is 11.7 Å². The highest BCUT2D eigenvalue weighted by molar-refractivity contribution is 7.80. The van der Waals surface area contributed by atoms with Crippen molar-refractivity contribution in [2.24, 2.45) is 0 Å². The fourth-order valence-electron chi connectivity index (χ4n) is 2.00. The molecule has 112 valence electrons. The maximum Gasteiger partial charge on any atom is 0.419 e. The first-order valence-corrected chi connectivity index (χ1v) is 7.10. The SMILES string of the molecule is FC(F)(F)c1ccccc1OCC(CS)c1ccccc1. The van der Waals surface area contributed by atoms with Crippen molar-refractivity contribution in [3.8, 4) is 5.75 Å². The molecule has 0 saturated heterocycles. The number of ether oxygens (including phenoxy) is 1. The predicted octanol–water partition coefficient (Wildman–Crippen LogP) is 4.80. The minimum absolute atomic E-state index is 0.0594. The van der Waals surface area contributed by atoms with Crippen LogP contribution in [-0.2, 0) is 6.18 Å². The molecule has 0 amide bonds. The predicted molar refractivity (Wildman–Crippen MR) is 80.0 cm³/mol. The summed E-state index contributed by atoms with van der Waals surface area (Å²) in [6.07, 6.45) is -4.42. The van der Waals surface area contributed by atoms with E-state index in [1.165, 1.54) is 18.2 Å². The number of alkyl halides is 3. The summed E-state index contributed by atoms with van der Waals surface area (Å²) in [4.78, 5) is 0. The molecule has 0 saturated carbocycles. The Kier molecular flexibility index (Phi) is 5.17. The maximum absolute atomic E-state index is 12.9. The summed E-state index contributed by atoms with van der Waals surface area (Å²) in [5.41, 5.74) is 0.243.